The molecule has 39 heavy (non-hydrogen) atoms. The lowest BCUT2D eigenvalue weighted by Gasteiger charge is -2.33. The van der Waals surface area contributed by atoms with Crippen molar-refractivity contribution in [1.82, 2.24) is 14.8 Å². The zero-order chi connectivity index (χ0) is 27.5. The summed E-state index contributed by atoms with van der Waals surface area (Å²) in [6, 6.07) is 11.4. The van der Waals surface area contributed by atoms with E-state index in [1.54, 1.807) is 31.7 Å². The summed E-state index contributed by atoms with van der Waals surface area (Å²) in [4.78, 5) is 9.42. The molecule has 3 heterocycles. The van der Waals surface area contributed by atoms with Crippen LogP contribution in [0.2, 0.25) is 10.0 Å². The van der Waals surface area contributed by atoms with E-state index in [-0.39, 0.29) is 0 Å². The SMILES string of the molecule is CCN1CCN(Cc2cc(-c3cc4ncc(C#N)c(Nc5cc(OC)c(Cl)cc5Cl)c4cc3OC)co2)CC1. The molecule has 0 bridgehead atoms. The summed E-state index contributed by atoms with van der Waals surface area (Å²) in [5, 5.41) is 14.6. The Labute approximate surface area is 237 Å². The lowest BCUT2D eigenvalue weighted by molar-refractivity contribution is 0.125. The van der Waals surface area contributed by atoms with Crippen molar-refractivity contribution < 1.29 is 13.9 Å². The topological polar surface area (TPSA) is 86.8 Å². The van der Waals surface area contributed by atoms with E-state index < -0.39 is 0 Å². The van der Waals surface area contributed by atoms with Gasteiger partial charge in [0.1, 0.15) is 23.3 Å². The Bertz CT molecular complexity index is 1540. The molecule has 0 amide bonds. The van der Waals surface area contributed by atoms with Crippen LogP contribution in [0.25, 0.3) is 22.0 Å². The van der Waals surface area contributed by atoms with Gasteiger partial charge in [-0.3, -0.25) is 9.88 Å². The zero-order valence-electron chi connectivity index (χ0n) is 22.1. The second-order valence-electron chi connectivity index (χ2n) is 9.33. The second-order valence-corrected chi connectivity index (χ2v) is 10.1. The van der Waals surface area contributed by atoms with Crippen molar-refractivity contribution in [2.45, 2.75) is 13.5 Å². The molecule has 0 saturated carbocycles. The van der Waals surface area contributed by atoms with Gasteiger partial charge in [-0.25, -0.2) is 0 Å². The maximum Gasteiger partial charge on any atom is 0.139 e. The van der Waals surface area contributed by atoms with Gasteiger partial charge in [0.15, 0.2) is 0 Å². The number of hydrogen-bond acceptors (Lipinski definition) is 8. The maximum atomic E-state index is 9.84. The number of halogens is 2. The number of aromatic nitrogens is 1. The van der Waals surface area contributed by atoms with Crippen molar-refractivity contribution in [3.8, 4) is 28.7 Å². The summed E-state index contributed by atoms with van der Waals surface area (Å²) in [5.41, 5.74) is 3.90. The molecule has 1 saturated heterocycles. The molecule has 2 aromatic carbocycles. The minimum atomic E-state index is 0.357. The lowest BCUT2D eigenvalue weighted by Crippen LogP contribution is -2.45. The van der Waals surface area contributed by atoms with Gasteiger partial charge in [0.05, 0.1) is 59.5 Å². The average molecular weight is 566 g/mol. The molecule has 0 spiro atoms. The second kappa shape index (κ2) is 11.7. The van der Waals surface area contributed by atoms with Crippen molar-refractivity contribution in [3.63, 3.8) is 0 Å². The van der Waals surface area contributed by atoms with Gasteiger partial charge >= 0.3 is 0 Å². The summed E-state index contributed by atoms with van der Waals surface area (Å²) in [5.74, 6) is 1.99. The average Bonchev–Trinajstić information content (AvgIpc) is 3.42. The molecule has 4 aromatic rings. The van der Waals surface area contributed by atoms with Crippen LogP contribution in [-0.2, 0) is 6.54 Å². The van der Waals surface area contributed by atoms with E-state index in [0.29, 0.717) is 49.4 Å². The summed E-state index contributed by atoms with van der Waals surface area (Å²) in [6.45, 7) is 8.23. The minimum absolute atomic E-state index is 0.357. The van der Waals surface area contributed by atoms with Gasteiger partial charge in [-0.05, 0) is 30.8 Å². The van der Waals surface area contributed by atoms with Gasteiger partial charge in [-0.2, -0.15) is 5.26 Å². The van der Waals surface area contributed by atoms with Crippen LogP contribution in [0, 0.1) is 11.3 Å². The number of benzene rings is 2. The van der Waals surface area contributed by atoms with E-state index in [4.69, 9.17) is 37.1 Å². The van der Waals surface area contributed by atoms with E-state index in [2.05, 4.69) is 39.2 Å². The summed E-state index contributed by atoms with van der Waals surface area (Å²) >= 11 is 12.7. The third-order valence-corrected chi connectivity index (χ3v) is 7.68. The number of methoxy groups -OCH3 is 2. The standard InChI is InChI=1S/C29H29Cl2N5O3/c1-4-35-5-7-36(8-6-35)16-20-9-18(17-39-20)21-10-25-22(11-27(21)37-2)29(19(14-32)15-33-25)34-26-13-28(38-3)24(31)12-23(26)30/h9-13,15,17H,4-8,16H2,1-3H3,(H,33,34). The van der Waals surface area contributed by atoms with Crippen LogP contribution in [0.5, 0.6) is 11.5 Å². The van der Waals surface area contributed by atoms with Gasteiger partial charge < -0.3 is 24.1 Å². The number of hydrogen-bond donors (Lipinski definition) is 1. The Kier molecular flexibility index (Phi) is 8.15. The van der Waals surface area contributed by atoms with E-state index in [1.165, 1.54) is 7.11 Å². The Hall–Kier alpha value is -3.48. The number of rotatable bonds is 8. The first kappa shape index (κ1) is 27.1. The van der Waals surface area contributed by atoms with Crippen molar-refractivity contribution in [3.05, 3.63) is 64.2 Å². The Morgan fingerprint density at radius 2 is 1.74 bits per heavy atom. The molecule has 5 rings (SSSR count). The number of nitriles is 1. The quantitative estimate of drug-likeness (QED) is 0.256. The summed E-state index contributed by atoms with van der Waals surface area (Å²) < 4.78 is 17.1. The molecule has 0 radical (unpaired) electrons. The van der Waals surface area contributed by atoms with Crippen LogP contribution >= 0.6 is 23.2 Å². The normalized spacial score (nSPS) is 14.4. The Balaban J connectivity index is 1.49. The highest BCUT2D eigenvalue weighted by molar-refractivity contribution is 6.37. The van der Waals surface area contributed by atoms with E-state index >= 15 is 0 Å². The molecule has 0 aliphatic carbocycles. The predicted octanol–water partition coefficient (Wildman–Crippen LogP) is 6.57. The molecular formula is C29H29Cl2N5O3. The molecule has 2 aromatic heterocycles. The van der Waals surface area contributed by atoms with Crippen molar-refractivity contribution in [2.75, 3.05) is 52.3 Å². The van der Waals surface area contributed by atoms with Crippen LogP contribution in [0.1, 0.15) is 18.2 Å². The van der Waals surface area contributed by atoms with E-state index in [9.17, 15) is 5.26 Å². The smallest absolute Gasteiger partial charge is 0.139 e. The van der Waals surface area contributed by atoms with E-state index in [0.717, 1.165) is 56.2 Å². The fourth-order valence-corrected chi connectivity index (χ4v) is 5.35. The number of furan rings is 1. The summed E-state index contributed by atoms with van der Waals surface area (Å²) in [7, 11) is 3.15. The number of ether oxygens (including phenoxy) is 2. The number of anilines is 2. The Morgan fingerprint density at radius 1 is 1.00 bits per heavy atom. The van der Waals surface area contributed by atoms with E-state index in [1.807, 2.05) is 12.1 Å². The lowest BCUT2D eigenvalue weighted by atomic mass is 10.0. The summed E-state index contributed by atoms with van der Waals surface area (Å²) in [6.07, 6.45) is 3.29. The molecule has 0 atom stereocenters. The number of nitrogens with zero attached hydrogens (tertiary/aromatic N) is 4. The molecule has 1 aliphatic rings. The molecular weight excluding hydrogens is 537 g/mol. The third kappa shape index (κ3) is 5.63. The van der Waals surface area contributed by atoms with Crippen LogP contribution in [-0.4, -0.2) is 61.7 Å². The number of pyridine rings is 1. The molecule has 202 valence electrons. The third-order valence-electron chi connectivity index (χ3n) is 7.07. The first-order chi connectivity index (χ1) is 18.9. The largest absolute Gasteiger partial charge is 0.496 e. The monoisotopic (exact) mass is 565 g/mol. The Morgan fingerprint density at radius 3 is 2.44 bits per heavy atom. The fourth-order valence-electron chi connectivity index (χ4n) is 4.84. The number of likely N-dealkylation sites (N-methyl/N-ethyl adjacent to an activating group) is 1. The molecule has 0 unspecified atom stereocenters. The molecule has 1 aliphatic heterocycles. The van der Waals surface area contributed by atoms with Crippen molar-refractivity contribution in [1.29, 1.82) is 5.26 Å². The minimum Gasteiger partial charge on any atom is -0.496 e. The number of piperazine rings is 1. The van der Waals surface area contributed by atoms with Crippen molar-refractivity contribution >= 4 is 45.5 Å². The highest BCUT2D eigenvalue weighted by Crippen LogP contribution is 2.41. The fraction of sp³-hybridized carbons (Fsp3) is 0.310. The van der Waals surface area contributed by atoms with Crippen LogP contribution < -0.4 is 14.8 Å². The van der Waals surface area contributed by atoms with Crippen molar-refractivity contribution in [2.24, 2.45) is 0 Å². The molecule has 1 N–H and O–H groups in total. The van der Waals surface area contributed by atoms with Crippen LogP contribution in [0.15, 0.2) is 47.2 Å². The predicted molar refractivity (Wildman–Crippen MR) is 154 cm³/mol. The van der Waals surface area contributed by atoms with Gasteiger partial charge in [0.2, 0.25) is 0 Å². The first-order valence-electron chi connectivity index (χ1n) is 12.7. The zero-order valence-corrected chi connectivity index (χ0v) is 23.6. The highest BCUT2D eigenvalue weighted by Gasteiger charge is 2.20. The molecule has 1 fully saturated rings. The van der Waals surface area contributed by atoms with Gasteiger partial charge in [0.25, 0.3) is 0 Å². The maximum absolute atomic E-state index is 9.84. The molecule has 10 heteroatoms. The highest BCUT2D eigenvalue weighted by atomic mass is 35.5. The van der Waals surface area contributed by atoms with Gasteiger partial charge in [0, 0.05) is 55.0 Å². The van der Waals surface area contributed by atoms with Crippen LogP contribution in [0.4, 0.5) is 11.4 Å². The number of nitrogens with one attached hydrogen (secondary N) is 1. The van der Waals surface area contributed by atoms with Gasteiger partial charge in [-0.15, -0.1) is 0 Å². The molecule has 8 nitrogen and oxygen atoms in total. The van der Waals surface area contributed by atoms with Gasteiger partial charge in [-0.1, -0.05) is 30.1 Å². The number of fused-ring (bicyclic) bond motifs is 1. The van der Waals surface area contributed by atoms with Crippen LogP contribution in [0.3, 0.4) is 0 Å². The first-order valence-corrected chi connectivity index (χ1v) is 13.4.